The fraction of sp³-hybridized carbons (Fsp3) is 0.480. The maximum atomic E-state index is 13.6. The molecule has 2 saturated heterocycles. The number of nitrogens with one attached hydrogen (secondary N) is 1. The molecule has 170 valence electrons. The highest BCUT2D eigenvalue weighted by Gasteiger charge is 2.43. The third-order valence-corrected chi connectivity index (χ3v) is 7.75. The summed E-state index contributed by atoms with van der Waals surface area (Å²) < 4.78 is 11.5. The van der Waals surface area contributed by atoms with Gasteiger partial charge in [-0.3, -0.25) is 4.79 Å². The first-order valence-corrected chi connectivity index (χ1v) is 12.5. The van der Waals surface area contributed by atoms with E-state index >= 15 is 0 Å². The summed E-state index contributed by atoms with van der Waals surface area (Å²) >= 11 is 1.59. The Morgan fingerprint density at radius 3 is 2.62 bits per heavy atom. The second kappa shape index (κ2) is 9.63. The average molecular weight is 454 g/mol. The molecule has 2 aliphatic heterocycles. The van der Waals surface area contributed by atoms with E-state index in [0.717, 1.165) is 41.7 Å². The highest BCUT2D eigenvalue weighted by molar-refractivity contribution is 8.05. The minimum atomic E-state index is -0.115. The zero-order chi connectivity index (χ0) is 21.9. The largest absolute Gasteiger partial charge is 0.441 e. The maximum absolute atomic E-state index is 13.6. The molecule has 7 heteroatoms. The number of morpholine rings is 1. The number of para-hydroxylation sites is 1. The van der Waals surface area contributed by atoms with Gasteiger partial charge in [0, 0.05) is 37.0 Å². The van der Waals surface area contributed by atoms with Crippen molar-refractivity contribution in [1.29, 1.82) is 0 Å². The van der Waals surface area contributed by atoms with Gasteiger partial charge in [0.25, 0.3) is 5.91 Å². The van der Waals surface area contributed by atoms with E-state index in [2.05, 4.69) is 34.2 Å². The van der Waals surface area contributed by atoms with Crippen LogP contribution in [-0.2, 0) is 9.53 Å². The van der Waals surface area contributed by atoms with E-state index in [9.17, 15) is 4.79 Å². The molecule has 0 spiro atoms. The molecule has 5 rings (SSSR count). The lowest BCUT2D eigenvalue weighted by Crippen LogP contribution is -2.48. The van der Waals surface area contributed by atoms with Crippen LogP contribution in [0.15, 0.2) is 51.8 Å². The Kier molecular flexibility index (Phi) is 6.46. The summed E-state index contributed by atoms with van der Waals surface area (Å²) in [7, 11) is 0. The SMILES string of the molecule is C[C@H]1CCCC[C@H]1N1C(=O)/C(=C/c2ccc(N3CCOCC3)o2)SC1Nc1ccccc1. The van der Waals surface area contributed by atoms with Crippen molar-refractivity contribution in [2.75, 3.05) is 36.5 Å². The number of carbonyl (C=O) groups excluding carboxylic acids is 1. The molecule has 1 unspecified atom stereocenters. The molecular formula is C25H31N3O3S. The van der Waals surface area contributed by atoms with Crippen molar-refractivity contribution in [1.82, 2.24) is 4.90 Å². The lowest BCUT2D eigenvalue weighted by Gasteiger charge is -2.39. The molecule has 1 aromatic heterocycles. The second-order valence-electron chi connectivity index (χ2n) is 8.81. The summed E-state index contributed by atoms with van der Waals surface area (Å²) in [6.07, 6.45) is 6.59. The van der Waals surface area contributed by atoms with Gasteiger partial charge in [0.1, 0.15) is 5.76 Å². The van der Waals surface area contributed by atoms with E-state index < -0.39 is 0 Å². The molecule has 0 bridgehead atoms. The van der Waals surface area contributed by atoms with Crippen molar-refractivity contribution in [3.63, 3.8) is 0 Å². The van der Waals surface area contributed by atoms with E-state index in [1.165, 1.54) is 19.3 Å². The number of hydrogen-bond acceptors (Lipinski definition) is 6. The predicted octanol–water partition coefficient (Wildman–Crippen LogP) is 5.01. The Morgan fingerprint density at radius 1 is 1.06 bits per heavy atom. The van der Waals surface area contributed by atoms with Crippen LogP contribution in [0.1, 0.15) is 38.4 Å². The second-order valence-corrected chi connectivity index (χ2v) is 9.93. The molecule has 3 heterocycles. The van der Waals surface area contributed by atoms with E-state index in [4.69, 9.17) is 9.15 Å². The van der Waals surface area contributed by atoms with Crippen molar-refractivity contribution < 1.29 is 13.9 Å². The van der Waals surface area contributed by atoms with Crippen molar-refractivity contribution >= 4 is 35.3 Å². The van der Waals surface area contributed by atoms with Gasteiger partial charge in [-0.25, -0.2) is 0 Å². The number of anilines is 2. The molecule has 1 aliphatic carbocycles. The third kappa shape index (κ3) is 4.55. The smallest absolute Gasteiger partial charge is 0.263 e. The van der Waals surface area contributed by atoms with Crippen molar-refractivity contribution in [2.24, 2.45) is 5.92 Å². The van der Waals surface area contributed by atoms with Gasteiger partial charge in [-0.15, -0.1) is 0 Å². The quantitative estimate of drug-likeness (QED) is 0.643. The number of nitrogens with zero attached hydrogens (tertiary/aromatic N) is 2. The highest BCUT2D eigenvalue weighted by atomic mass is 32.2. The fourth-order valence-electron chi connectivity index (χ4n) is 4.87. The van der Waals surface area contributed by atoms with Crippen LogP contribution in [0, 0.1) is 5.92 Å². The summed E-state index contributed by atoms with van der Waals surface area (Å²) in [6.45, 7) is 5.37. The molecule has 3 atom stereocenters. The van der Waals surface area contributed by atoms with Gasteiger partial charge in [-0.2, -0.15) is 0 Å². The first kappa shape index (κ1) is 21.5. The van der Waals surface area contributed by atoms with Crippen molar-refractivity contribution in [3.8, 4) is 0 Å². The summed E-state index contributed by atoms with van der Waals surface area (Å²) in [5, 5.41) is 3.59. The molecule has 1 saturated carbocycles. The zero-order valence-corrected chi connectivity index (χ0v) is 19.4. The molecule has 32 heavy (non-hydrogen) atoms. The fourth-order valence-corrected chi connectivity index (χ4v) is 6.06. The van der Waals surface area contributed by atoms with Crippen LogP contribution in [0.5, 0.6) is 0 Å². The molecule has 6 nitrogen and oxygen atoms in total. The Labute approximate surface area is 194 Å². The number of benzene rings is 1. The standard InChI is InChI=1S/C25H31N3O3S/c1-18-7-5-6-10-21(18)28-24(29)22(32-25(28)26-19-8-3-2-4-9-19)17-20-11-12-23(31-20)27-13-15-30-16-14-27/h2-4,8-9,11-12,17-18,21,25-26H,5-7,10,13-16H2,1H3/b22-17-/t18-,21+,25?/m0/s1. The number of carbonyl (C=O) groups is 1. The molecular weight excluding hydrogens is 422 g/mol. The van der Waals surface area contributed by atoms with Crippen molar-refractivity contribution in [3.05, 3.63) is 53.1 Å². The van der Waals surface area contributed by atoms with Crippen LogP contribution >= 0.6 is 11.8 Å². The Balaban J connectivity index is 1.39. The van der Waals surface area contributed by atoms with E-state index in [1.807, 2.05) is 36.4 Å². The van der Waals surface area contributed by atoms with Gasteiger partial charge in [0.15, 0.2) is 11.4 Å². The lowest BCUT2D eigenvalue weighted by atomic mass is 9.85. The normalized spacial score (nSPS) is 27.8. The highest BCUT2D eigenvalue weighted by Crippen LogP contribution is 2.42. The number of rotatable bonds is 5. The van der Waals surface area contributed by atoms with E-state index in [0.29, 0.717) is 19.1 Å². The zero-order valence-electron chi connectivity index (χ0n) is 18.5. The molecule has 3 fully saturated rings. The molecule has 1 amide bonds. The molecule has 2 aromatic rings. The number of furan rings is 1. The summed E-state index contributed by atoms with van der Waals surface area (Å²) in [5.41, 5.74) is 0.912. The third-order valence-electron chi connectivity index (χ3n) is 6.63. The van der Waals surface area contributed by atoms with Gasteiger partial charge in [0.2, 0.25) is 0 Å². The van der Waals surface area contributed by atoms with E-state index in [1.54, 1.807) is 11.8 Å². The number of hydrogen-bond donors (Lipinski definition) is 1. The van der Waals surface area contributed by atoms with Crippen LogP contribution in [0.4, 0.5) is 11.6 Å². The first-order valence-electron chi connectivity index (χ1n) is 11.6. The minimum Gasteiger partial charge on any atom is -0.441 e. The maximum Gasteiger partial charge on any atom is 0.263 e. The molecule has 1 N–H and O–H groups in total. The van der Waals surface area contributed by atoms with Gasteiger partial charge in [-0.1, -0.05) is 49.7 Å². The van der Waals surface area contributed by atoms with Gasteiger partial charge in [0.05, 0.1) is 18.1 Å². The first-order chi connectivity index (χ1) is 15.7. The van der Waals surface area contributed by atoms with Crippen LogP contribution in [-0.4, -0.2) is 48.7 Å². The number of amides is 1. The van der Waals surface area contributed by atoms with Crippen LogP contribution < -0.4 is 10.2 Å². The topological polar surface area (TPSA) is 58.0 Å². The summed E-state index contributed by atoms with van der Waals surface area (Å²) in [6, 6.07) is 14.4. The average Bonchev–Trinajstić information content (AvgIpc) is 3.41. The lowest BCUT2D eigenvalue weighted by molar-refractivity contribution is -0.129. The monoisotopic (exact) mass is 453 g/mol. The Morgan fingerprint density at radius 2 is 1.84 bits per heavy atom. The molecule has 3 aliphatic rings. The molecule has 0 radical (unpaired) electrons. The molecule has 1 aromatic carbocycles. The summed E-state index contributed by atoms with van der Waals surface area (Å²) in [4.78, 5) is 18.6. The van der Waals surface area contributed by atoms with Gasteiger partial charge >= 0.3 is 0 Å². The van der Waals surface area contributed by atoms with Gasteiger partial charge < -0.3 is 24.3 Å². The van der Waals surface area contributed by atoms with Crippen LogP contribution in [0.3, 0.4) is 0 Å². The van der Waals surface area contributed by atoms with Crippen LogP contribution in [0.2, 0.25) is 0 Å². The minimum absolute atomic E-state index is 0.103. The Bertz CT molecular complexity index is 954. The van der Waals surface area contributed by atoms with E-state index in [-0.39, 0.29) is 17.4 Å². The number of thioether (sulfide) groups is 1. The summed E-state index contributed by atoms with van der Waals surface area (Å²) in [5.74, 6) is 2.17. The predicted molar refractivity (Wildman–Crippen MR) is 129 cm³/mol. The Hall–Kier alpha value is -2.38. The van der Waals surface area contributed by atoms with Crippen molar-refractivity contribution in [2.45, 2.75) is 44.1 Å². The number of ether oxygens (including phenoxy) is 1. The van der Waals surface area contributed by atoms with Crippen LogP contribution in [0.25, 0.3) is 6.08 Å². The van der Waals surface area contributed by atoms with Gasteiger partial charge in [-0.05, 0) is 37.0 Å².